The first-order valence-electron chi connectivity index (χ1n) is 7.77. The zero-order valence-corrected chi connectivity index (χ0v) is 12.2. The number of aliphatic hydroxyl groups is 1. The van der Waals surface area contributed by atoms with Gasteiger partial charge in [-0.25, -0.2) is 0 Å². The molecule has 2 bridgehead atoms. The minimum absolute atomic E-state index is 0.405. The summed E-state index contributed by atoms with van der Waals surface area (Å²) in [4.78, 5) is 0. The topological polar surface area (TPSA) is 41.5 Å². The normalized spacial score (nSPS) is 29.8. The Hall–Kier alpha value is -0.900. The monoisotopic (exact) mass is 275 g/mol. The molecule has 20 heavy (non-hydrogen) atoms. The lowest BCUT2D eigenvalue weighted by molar-refractivity contribution is 0.0576. The van der Waals surface area contributed by atoms with Crippen LogP contribution in [0.2, 0.25) is 0 Å². The van der Waals surface area contributed by atoms with Crippen molar-refractivity contribution in [2.45, 2.75) is 43.7 Å². The smallest absolute Gasteiger partial charge is 0.0897 e. The molecule has 4 atom stereocenters. The van der Waals surface area contributed by atoms with Crippen molar-refractivity contribution >= 4 is 0 Å². The third-order valence-corrected chi connectivity index (χ3v) is 4.92. The average molecular weight is 275 g/mol. The SMILES string of the molecule is COC[C@@H](O)CN[C@@H]1[C@H]2CCC[C@H]1c1ccccc1C2. The van der Waals surface area contributed by atoms with Gasteiger partial charge in [-0.3, -0.25) is 0 Å². The molecule has 1 aromatic carbocycles. The molecule has 1 aromatic rings. The molecule has 0 amide bonds. The van der Waals surface area contributed by atoms with Crippen LogP contribution >= 0.6 is 0 Å². The highest BCUT2D eigenvalue weighted by molar-refractivity contribution is 5.36. The van der Waals surface area contributed by atoms with Crippen LogP contribution in [-0.2, 0) is 11.2 Å². The third kappa shape index (κ3) is 2.76. The van der Waals surface area contributed by atoms with Crippen LogP contribution in [0.3, 0.4) is 0 Å². The first-order chi connectivity index (χ1) is 9.79. The molecule has 0 spiro atoms. The van der Waals surface area contributed by atoms with E-state index in [1.165, 1.54) is 36.8 Å². The van der Waals surface area contributed by atoms with Crippen LogP contribution < -0.4 is 5.32 Å². The highest BCUT2D eigenvalue weighted by Crippen LogP contribution is 2.43. The zero-order chi connectivity index (χ0) is 13.9. The molecule has 3 nitrogen and oxygen atoms in total. The number of hydrogen-bond acceptors (Lipinski definition) is 3. The molecule has 3 rings (SSSR count). The lowest BCUT2D eigenvalue weighted by atomic mass is 9.66. The molecule has 2 aliphatic rings. The number of hydrogen-bond donors (Lipinski definition) is 2. The van der Waals surface area contributed by atoms with Crippen molar-refractivity contribution in [3.05, 3.63) is 35.4 Å². The molecule has 1 saturated carbocycles. The van der Waals surface area contributed by atoms with E-state index in [9.17, 15) is 5.11 Å². The molecule has 110 valence electrons. The predicted molar refractivity (Wildman–Crippen MR) is 79.9 cm³/mol. The Bertz CT molecular complexity index is 448. The minimum atomic E-state index is -0.405. The quantitative estimate of drug-likeness (QED) is 0.864. The molecule has 3 heteroatoms. The lowest BCUT2D eigenvalue weighted by Gasteiger charge is -2.44. The van der Waals surface area contributed by atoms with Crippen LogP contribution in [0.1, 0.15) is 36.3 Å². The van der Waals surface area contributed by atoms with Gasteiger partial charge in [0.2, 0.25) is 0 Å². The van der Waals surface area contributed by atoms with Gasteiger partial charge in [-0.15, -0.1) is 0 Å². The van der Waals surface area contributed by atoms with Gasteiger partial charge in [0.25, 0.3) is 0 Å². The summed E-state index contributed by atoms with van der Waals surface area (Å²) in [5, 5.41) is 13.5. The van der Waals surface area contributed by atoms with Crippen molar-refractivity contribution in [2.75, 3.05) is 20.3 Å². The number of ether oxygens (including phenoxy) is 1. The standard InChI is InChI=1S/C17H25NO2/c1-20-11-14(19)10-18-17-13-6-4-8-16(17)15-7-3-2-5-12(15)9-13/h2-3,5,7,13-14,16-19H,4,6,8-11H2,1H3/t13-,14-,16-,17+/m0/s1. The van der Waals surface area contributed by atoms with Crippen molar-refractivity contribution in [2.24, 2.45) is 5.92 Å². The minimum Gasteiger partial charge on any atom is -0.389 e. The van der Waals surface area contributed by atoms with E-state index < -0.39 is 6.10 Å². The fraction of sp³-hybridized carbons (Fsp3) is 0.647. The molecular weight excluding hydrogens is 250 g/mol. The summed E-state index contributed by atoms with van der Waals surface area (Å²) in [5.41, 5.74) is 3.07. The van der Waals surface area contributed by atoms with E-state index in [0.29, 0.717) is 25.1 Å². The van der Waals surface area contributed by atoms with Gasteiger partial charge >= 0.3 is 0 Å². The number of fused-ring (bicyclic) bond motifs is 4. The average Bonchev–Trinajstić information content (AvgIpc) is 2.45. The predicted octanol–water partition coefficient (Wildman–Crippen LogP) is 2.09. The van der Waals surface area contributed by atoms with Crippen LogP contribution in [0, 0.1) is 5.92 Å². The van der Waals surface area contributed by atoms with E-state index in [2.05, 4.69) is 29.6 Å². The summed E-state index contributed by atoms with van der Waals surface area (Å²) >= 11 is 0. The fourth-order valence-electron chi connectivity index (χ4n) is 4.06. The summed E-state index contributed by atoms with van der Waals surface area (Å²) < 4.78 is 5.00. The Kier molecular flexibility index (Phi) is 4.39. The summed E-state index contributed by atoms with van der Waals surface area (Å²) in [6.45, 7) is 1.04. The Balaban J connectivity index is 1.72. The molecule has 0 aromatic heterocycles. The first kappa shape index (κ1) is 14.1. The van der Waals surface area contributed by atoms with Crippen molar-refractivity contribution in [1.29, 1.82) is 0 Å². The van der Waals surface area contributed by atoms with E-state index >= 15 is 0 Å². The van der Waals surface area contributed by atoms with Crippen molar-refractivity contribution in [3.63, 3.8) is 0 Å². The van der Waals surface area contributed by atoms with Crippen LogP contribution in [-0.4, -0.2) is 37.5 Å². The lowest BCUT2D eigenvalue weighted by Crippen LogP contribution is -2.49. The Morgan fingerprint density at radius 2 is 2.20 bits per heavy atom. The van der Waals surface area contributed by atoms with Gasteiger partial charge in [0, 0.05) is 19.7 Å². The highest BCUT2D eigenvalue weighted by atomic mass is 16.5. The number of benzene rings is 1. The molecule has 0 heterocycles. The molecule has 0 radical (unpaired) electrons. The van der Waals surface area contributed by atoms with Crippen LogP contribution in [0.15, 0.2) is 24.3 Å². The molecule has 2 N–H and O–H groups in total. The maximum Gasteiger partial charge on any atom is 0.0897 e. The van der Waals surface area contributed by atoms with Gasteiger partial charge in [0.05, 0.1) is 12.7 Å². The largest absolute Gasteiger partial charge is 0.389 e. The van der Waals surface area contributed by atoms with Crippen molar-refractivity contribution in [1.82, 2.24) is 5.32 Å². The zero-order valence-electron chi connectivity index (χ0n) is 12.2. The Morgan fingerprint density at radius 3 is 3.05 bits per heavy atom. The molecule has 2 aliphatic carbocycles. The molecule has 0 aliphatic heterocycles. The number of aliphatic hydroxyl groups excluding tert-OH is 1. The summed E-state index contributed by atoms with van der Waals surface area (Å²) in [5.74, 6) is 1.34. The summed E-state index contributed by atoms with van der Waals surface area (Å²) in [6, 6.07) is 9.42. The fourth-order valence-corrected chi connectivity index (χ4v) is 4.06. The second kappa shape index (κ2) is 6.25. The molecule has 0 saturated heterocycles. The summed E-state index contributed by atoms with van der Waals surface area (Å²) in [6.07, 6.45) is 4.69. The first-order valence-corrected chi connectivity index (χ1v) is 7.77. The van der Waals surface area contributed by atoms with E-state index in [1.54, 1.807) is 7.11 Å². The van der Waals surface area contributed by atoms with Crippen LogP contribution in [0.4, 0.5) is 0 Å². The molecular formula is C17H25NO2. The number of methoxy groups -OCH3 is 1. The maximum atomic E-state index is 9.85. The Morgan fingerprint density at radius 1 is 1.35 bits per heavy atom. The van der Waals surface area contributed by atoms with Gasteiger partial charge in [0.15, 0.2) is 0 Å². The number of rotatable bonds is 5. The van der Waals surface area contributed by atoms with Crippen molar-refractivity contribution < 1.29 is 9.84 Å². The van der Waals surface area contributed by atoms with E-state index in [4.69, 9.17) is 4.74 Å². The van der Waals surface area contributed by atoms with Gasteiger partial charge in [-0.05, 0) is 42.2 Å². The van der Waals surface area contributed by atoms with E-state index in [-0.39, 0.29) is 0 Å². The third-order valence-electron chi connectivity index (χ3n) is 4.92. The second-order valence-corrected chi connectivity index (χ2v) is 6.24. The maximum absolute atomic E-state index is 9.85. The van der Waals surface area contributed by atoms with Crippen LogP contribution in [0.5, 0.6) is 0 Å². The second-order valence-electron chi connectivity index (χ2n) is 6.24. The highest BCUT2D eigenvalue weighted by Gasteiger charge is 2.38. The summed E-state index contributed by atoms with van der Waals surface area (Å²) in [7, 11) is 1.63. The van der Waals surface area contributed by atoms with E-state index in [1.807, 2.05) is 0 Å². The van der Waals surface area contributed by atoms with E-state index in [0.717, 1.165) is 5.92 Å². The molecule has 1 fully saturated rings. The van der Waals surface area contributed by atoms with Gasteiger partial charge in [-0.2, -0.15) is 0 Å². The van der Waals surface area contributed by atoms with Gasteiger partial charge < -0.3 is 15.2 Å². The van der Waals surface area contributed by atoms with Gasteiger partial charge in [0.1, 0.15) is 0 Å². The van der Waals surface area contributed by atoms with Gasteiger partial charge in [-0.1, -0.05) is 30.7 Å². The Labute approximate surface area is 121 Å². The number of nitrogens with one attached hydrogen (secondary N) is 1. The van der Waals surface area contributed by atoms with Crippen molar-refractivity contribution in [3.8, 4) is 0 Å². The molecule has 0 unspecified atom stereocenters. The van der Waals surface area contributed by atoms with Crippen LogP contribution in [0.25, 0.3) is 0 Å².